The van der Waals surface area contributed by atoms with Gasteiger partial charge in [-0.15, -0.1) is 24.0 Å². The molecule has 0 spiro atoms. The SMILES string of the molecule is Sc1cccc2s[c]nc12. The number of hydrogen-bond acceptors (Lipinski definition) is 3. The van der Waals surface area contributed by atoms with Crippen molar-refractivity contribution in [3.05, 3.63) is 23.7 Å². The Bertz CT molecular complexity index is 353. The molecule has 1 heterocycles. The monoisotopic (exact) mass is 166 g/mol. The first-order valence-corrected chi connectivity index (χ1v) is 4.09. The van der Waals surface area contributed by atoms with Crippen LogP contribution in [0.5, 0.6) is 0 Å². The number of fused-ring (bicyclic) bond motifs is 1. The van der Waals surface area contributed by atoms with Crippen molar-refractivity contribution in [2.24, 2.45) is 0 Å². The van der Waals surface area contributed by atoms with Crippen LogP contribution < -0.4 is 0 Å². The lowest BCUT2D eigenvalue weighted by atomic mass is 10.3. The molecule has 1 aromatic heterocycles. The normalized spacial score (nSPS) is 10.5. The summed E-state index contributed by atoms with van der Waals surface area (Å²) in [5.41, 5.74) is 3.78. The molecule has 0 saturated heterocycles. The highest BCUT2D eigenvalue weighted by Gasteiger charge is 1.97. The Balaban J connectivity index is 2.95. The second kappa shape index (κ2) is 2.25. The molecule has 49 valence electrons. The topological polar surface area (TPSA) is 12.9 Å². The van der Waals surface area contributed by atoms with Crippen molar-refractivity contribution in [2.75, 3.05) is 0 Å². The van der Waals surface area contributed by atoms with Gasteiger partial charge >= 0.3 is 0 Å². The Labute approximate surface area is 68.1 Å². The Morgan fingerprint density at radius 3 is 3.20 bits per heavy atom. The summed E-state index contributed by atoms with van der Waals surface area (Å²) < 4.78 is 1.15. The van der Waals surface area contributed by atoms with E-state index in [1.54, 1.807) is 0 Å². The molecule has 0 atom stereocenters. The van der Waals surface area contributed by atoms with Crippen LogP contribution in [0.4, 0.5) is 0 Å². The molecule has 3 heteroatoms. The van der Waals surface area contributed by atoms with Gasteiger partial charge in [0.2, 0.25) is 0 Å². The maximum Gasteiger partial charge on any atom is 0.153 e. The van der Waals surface area contributed by atoms with E-state index in [-0.39, 0.29) is 0 Å². The highest BCUT2D eigenvalue weighted by molar-refractivity contribution is 7.80. The zero-order chi connectivity index (χ0) is 6.97. The van der Waals surface area contributed by atoms with Gasteiger partial charge < -0.3 is 0 Å². The fourth-order valence-corrected chi connectivity index (χ4v) is 1.79. The van der Waals surface area contributed by atoms with Gasteiger partial charge in [-0.2, -0.15) is 0 Å². The molecule has 2 aromatic rings. The van der Waals surface area contributed by atoms with Crippen LogP contribution in [-0.4, -0.2) is 4.98 Å². The van der Waals surface area contributed by atoms with Crippen LogP contribution in [0.2, 0.25) is 0 Å². The lowest BCUT2D eigenvalue weighted by molar-refractivity contribution is 1.41. The van der Waals surface area contributed by atoms with Gasteiger partial charge in [-0.25, -0.2) is 4.98 Å². The number of nitrogens with zero attached hydrogens (tertiary/aromatic N) is 1. The van der Waals surface area contributed by atoms with Gasteiger partial charge in [0.25, 0.3) is 0 Å². The summed E-state index contributed by atoms with van der Waals surface area (Å²) in [6.07, 6.45) is 0. The average Bonchev–Trinajstić information content (AvgIpc) is 2.36. The van der Waals surface area contributed by atoms with Crippen molar-refractivity contribution in [1.29, 1.82) is 0 Å². The summed E-state index contributed by atoms with van der Waals surface area (Å²) in [5.74, 6) is 0. The van der Waals surface area contributed by atoms with Crippen LogP contribution >= 0.6 is 24.0 Å². The molecule has 2 rings (SSSR count). The molecule has 0 saturated carbocycles. The largest absolute Gasteiger partial charge is 0.232 e. The second-order valence-electron chi connectivity index (χ2n) is 1.93. The number of aromatic nitrogens is 1. The molecule has 10 heavy (non-hydrogen) atoms. The molecule has 0 fully saturated rings. The van der Waals surface area contributed by atoms with E-state index in [1.807, 2.05) is 18.2 Å². The zero-order valence-electron chi connectivity index (χ0n) is 5.03. The minimum absolute atomic E-state index is 0.926. The fourth-order valence-electron chi connectivity index (χ4n) is 0.823. The van der Waals surface area contributed by atoms with E-state index in [0.717, 1.165) is 15.1 Å². The van der Waals surface area contributed by atoms with Gasteiger partial charge in [-0.05, 0) is 12.1 Å². The van der Waals surface area contributed by atoms with E-state index < -0.39 is 0 Å². The molecule has 0 bridgehead atoms. The van der Waals surface area contributed by atoms with Gasteiger partial charge in [0.1, 0.15) is 0 Å². The standard InChI is InChI=1S/C7H4NS2/c9-5-2-1-3-6-7(5)8-4-10-6/h1-3,9H. The van der Waals surface area contributed by atoms with Crippen molar-refractivity contribution in [2.45, 2.75) is 4.90 Å². The van der Waals surface area contributed by atoms with Crippen LogP contribution in [0, 0.1) is 5.51 Å². The number of rotatable bonds is 0. The van der Waals surface area contributed by atoms with Crippen LogP contribution in [0.1, 0.15) is 0 Å². The molecule has 0 amide bonds. The zero-order valence-corrected chi connectivity index (χ0v) is 6.75. The molecule has 0 unspecified atom stereocenters. The van der Waals surface area contributed by atoms with Crippen LogP contribution in [0.15, 0.2) is 23.1 Å². The van der Waals surface area contributed by atoms with Gasteiger partial charge in [0.15, 0.2) is 5.51 Å². The Morgan fingerprint density at radius 1 is 1.50 bits per heavy atom. The third kappa shape index (κ3) is 0.822. The summed E-state index contributed by atoms with van der Waals surface area (Å²) in [7, 11) is 0. The highest BCUT2D eigenvalue weighted by Crippen LogP contribution is 2.22. The number of hydrogen-bond donors (Lipinski definition) is 1. The van der Waals surface area contributed by atoms with Crippen molar-refractivity contribution >= 4 is 34.2 Å². The number of thiol groups is 1. The van der Waals surface area contributed by atoms with Crippen molar-refractivity contribution < 1.29 is 0 Å². The van der Waals surface area contributed by atoms with E-state index in [9.17, 15) is 0 Å². The summed E-state index contributed by atoms with van der Waals surface area (Å²) in [4.78, 5) is 4.96. The first-order valence-electron chi connectivity index (χ1n) is 2.82. The van der Waals surface area contributed by atoms with Gasteiger partial charge in [0, 0.05) is 4.90 Å². The van der Waals surface area contributed by atoms with Crippen molar-refractivity contribution in [1.82, 2.24) is 4.98 Å². The minimum Gasteiger partial charge on any atom is -0.232 e. The number of para-hydroxylation sites is 1. The van der Waals surface area contributed by atoms with E-state index in [4.69, 9.17) is 0 Å². The molecule has 0 aliphatic heterocycles. The lowest BCUT2D eigenvalue weighted by Gasteiger charge is -1.89. The van der Waals surface area contributed by atoms with Gasteiger partial charge in [-0.1, -0.05) is 6.07 Å². The smallest absolute Gasteiger partial charge is 0.153 e. The van der Waals surface area contributed by atoms with Crippen molar-refractivity contribution in [3.63, 3.8) is 0 Å². The Hall–Kier alpha value is -0.540. The second-order valence-corrected chi connectivity index (χ2v) is 3.24. The summed E-state index contributed by atoms with van der Waals surface area (Å²) >= 11 is 5.76. The fraction of sp³-hybridized carbons (Fsp3) is 0. The molecule has 0 N–H and O–H groups in total. The Kier molecular flexibility index (Phi) is 1.39. The first kappa shape index (κ1) is 6.19. The van der Waals surface area contributed by atoms with E-state index >= 15 is 0 Å². The van der Waals surface area contributed by atoms with E-state index in [0.29, 0.717) is 0 Å². The average molecular weight is 166 g/mol. The van der Waals surface area contributed by atoms with Gasteiger partial charge in [-0.3, -0.25) is 0 Å². The molecule has 1 radical (unpaired) electrons. The third-order valence-corrected chi connectivity index (χ3v) is 2.38. The quantitative estimate of drug-likeness (QED) is 0.593. The van der Waals surface area contributed by atoms with E-state index in [1.165, 1.54) is 11.3 Å². The summed E-state index contributed by atoms with van der Waals surface area (Å²) in [6, 6.07) is 5.92. The predicted molar refractivity (Wildman–Crippen MR) is 45.7 cm³/mol. The highest BCUT2D eigenvalue weighted by atomic mass is 32.1. The maximum atomic E-state index is 4.24. The van der Waals surface area contributed by atoms with Gasteiger partial charge in [0.05, 0.1) is 10.2 Å². The van der Waals surface area contributed by atoms with E-state index in [2.05, 4.69) is 23.1 Å². The molecule has 0 aliphatic carbocycles. The first-order chi connectivity index (χ1) is 4.88. The summed E-state index contributed by atoms with van der Waals surface area (Å²) in [5, 5.41) is 0. The summed E-state index contributed by atoms with van der Waals surface area (Å²) in [6.45, 7) is 0. The van der Waals surface area contributed by atoms with Crippen LogP contribution in [0.3, 0.4) is 0 Å². The molecular weight excluding hydrogens is 162 g/mol. The molecule has 1 aromatic carbocycles. The van der Waals surface area contributed by atoms with Crippen molar-refractivity contribution in [3.8, 4) is 0 Å². The maximum absolute atomic E-state index is 4.24. The minimum atomic E-state index is 0.926. The molecule has 1 nitrogen and oxygen atoms in total. The third-order valence-electron chi connectivity index (χ3n) is 1.29. The Morgan fingerprint density at radius 2 is 2.40 bits per heavy atom. The number of benzene rings is 1. The van der Waals surface area contributed by atoms with Crippen LogP contribution in [0.25, 0.3) is 10.2 Å². The number of thiazole rings is 1. The lowest BCUT2D eigenvalue weighted by Crippen LogP contribution is -1.68. The molecule has 0 aliphatic rings. The predicted octanol–water partition coefficient (Wildman–Crippen LogP) is 2.39. The molecular formula is C7H4NS2. The van der Waals surface area contributed by atoms with Crippen LogP contribution in [-0.2, 0) is 0 Å².